The van der Waals surface area contributed by atoms with Crippen LogP contribution >= 0.6 is 0 Å². The SMILES string of the molecule is CC1[C@@H](c2ccccc2)OB(O)O[C@H]1c1ccccc1. The lowest BCUT2D eigenvalue weighted by atomic mass is 9.85. The average Bonchev–Trinajstić information content (AvgIpc) is 2.51. The normalized spacial score (nSPS) is 26.5. The second-order valence-electron chi connectivity index (χ2n) is 5.10. The summed E-state index contributed by atoms with van der Waals surface area (Å²) >= 11 is 0. The smallest absolute Gasteiger partial charge is 0.402 e. The van der Waals surface area contributed by atoms with Gasteiger partial charge >= 0.3 is 7.32 Å². The van der Waals surface area contributed by atoms with Gasteiger partial charge in [0.15, 0.2) is 0 Å². The van der Waals surface area contributed by atoms with Crippen LogP contribution in [0.4, 0.5) is 0 Å². The molecule has 3 nitrogen and oxygen atoms in total. The van der Waals surface area contributed by atoms with E-state index >= 15 is 0 Å². The van der Waals surface area contributed by atoms with Crippen LogP contribution in [0.3, 0.4) is 0 Å². The Morgan fingerprint density at radius 3 is 1.60 bits per heavy atom. The standard InChI is InChI=1S/C16H17BO3/c1-12-15(13-8-4-2-5-9-13)19-17(18)20-16(12)14-10-6-3-7-11-14/h2-12,15-16,18H,1H3/t12?,15-,16+. The van der Waals surface area contributed by atoms with E-state index in [4.69, 9.17) is 9.31 Å². The molecule has 1 unspecified atom stereocenters. The quantitative estimate of drug-likeness (QED) is 0.850. The monoisotopic (exact) mass is 268 g/mol. The Balaban J connectivity index is 1.90. The van der Waals surface area contributed by atoms with Gasteiger partial charge in [-0.25, -0.2) is 0 Å². The van der Waals surface area contributed by atoms with Crippen LogP contribution in [-0.4, -0.2) is 12.3 Å². The first-order valence-corrected chi connectivity index (χ1v) is 6.84. The molecule has 0 aromatic heterocycles. The minimum atomic E-state index is -1.19. The zero-order valence-corrected chi connectivity index (χ0v) is 11.3. The summed E-state index contributed by atoms with van der Waals surface area (Å²) in [6, 6.07) is 19.9. The minimum Gasteiger partial charge on any atom is -0.402 e. The van der Waals surface area contributed by atoms with Crippen molar-refractivity contribution in [2.24, 2.45) is 5.92 Å². The molecule has 3 rings (SSSR count). The summed E-state index contributed by atoms with van der Waals surface area (Å²) < 4.78 is 11.1. The van der Waals surface area contributed by atoms with Crippen molar-refractivity contribution in [3.8, 4) is 0 Å². The molecule has 1 N–H and O–H groups in total. The maximum atomic E-state index is 9.85. The van der Waals surface area contributed by atoms with Crippen LogP contribution in [0, 0.1) is 5.92 Å². The Bertz CT molecular complexity index is 497. The lowest BCUT2D eigenvalue weighted by Gasteiger charge is -2.38. The Kier molecular flexibility index (Phi) is 3.87. The molecule has 0 bridgehead atoms. The van der Waals surface area contributed by atoms with Gasteiger partial charge in [0.1, 0.15) is 0 Å². The maximum Gasteiger partial charge on any atom is 0.637 e. The third-order valence-corrected chi connectivity index (χ3v) is 3.74. The highest BCUT2D eigenvalue weighted by Crippen LogP contribution is 2.41. The van der Waals surface area contributed by atoms with E-state index in [1.54, 1.807) is 0 Å². The summed E-state index contributed by atoms with van der Waals surface area (Å²) in [5, 5.41) is 9.85. The Hall–Kier alpha value is -1.62. The van der Waals surface area contributed by atoms with Gasteiger partial charge in [0.25, 0.3) is 0 Å². The Morgan fingerprint density at radius 1 is 0.800 bits per heavy atom. The lowest BCUT2D eigenvalue weighted by molar-refractivity contribution is -0.0635. The highest BCUT2D eigenvalue weighted by atomic mass is 16.7. The molecular formula is C16H17BO3. The fourth-order valence-corrected chi connectivity index (χ4v) is 2.74. The predicted octanol–water partition coefficient (Wildman–Crippen LogP) is 3.13. The summed E-state index contributed by atoms with van der Waals surface area (Å²) in [7, 11) is -1.19. The van der Waals surface area contributed by atoms with E-state index in [0.29, 0.717) is 0 Å². The summed E-state index contributed by atoms with van der Waals surface area (Å²) in [4.78, 5) is 0. The topological polar surface area (TPSA) is 38.7 Å². The van der Waals surface area contributed by atoms with Gasteiger partial charge in [0.05, 0.1) is 12.2 Å². The van der Waals surface area contributed by atoms with Gasteiger partial charge < -0.3 is 14.3 Å². The molecule has 1 fully saturated rings. The molecule has 4 heteroatoms. The average molecular weight is 268 g/mol. The van der Waals surface area contributed by atoms with Gasteiger partial charge in [-0.3, -0.25) is 0 Å². The Labute approximate surface area is 119 Å². The zero-order chi connectivity index (χ0) is 13.9. The van der Waals surface area contributed by atoms with Crippen LogP contribution < -0.4 is 0 Å². The van der Waals surface area contributed by atoms with E-state index in [0.717, 1.165) is 11.1 Å². The van der Waals surface area contributed by atoms with E-state index in [2.05, 4.69) is 6.92 Å². The highest BCUT2D eigenvalue weighted by molar-refractivity contribution is 6.34. The molecule has 0 amide bonds. The number of hydrogen-bond acceptors (Lipinski definition) is 3. The van der Waals surface area contributed by atoms with Crippen molar-refractivity contribution >= 4 is 7.32 Å². The van der Waals surface area contributed by atoms with Gasteiger partial charge in [-0.05, 0) is 11.1 Å². The van der Waals surface area contributed by atoms with E-state index < -0.39 is 7.32 Å². The summed E-state index contributed by atoms with van der Waals surface area (Å²) in [6.45, 7) is 2.08. The minimum absolute atomic E-state index is 0.114. The molecule has 20 heavy (non-hydrogen) atoms. The van der Waals surface area contributed by atoms with Crippen molar-refractivity contribution in [2.75, 3.05) is 0 Å². The van der Waals surface area contributed by atoms with Gasteiger partial charge in [-0.15, -0.1) is 0 Å². The van der Waals surface area contributed by atoms with Crippen molar-refractivity contribution in [1.82, 2.24) is 0 Å². The van der Waals surface area contributed by atoms with Crippen LogP contribution in [0.25, 0.3) is 0 Å². The molecule has 2 aromatic rings. The van der Waals surface area contributed by atoms with E-state index in [-0.39, 0.29) is 18.1 Å². The molecule has 1 heterocycles. The van der Waals surface area contributed by atoms with Crippen molar-refractivity contribution in [2.45, 2.75) is 19.1 Å². The first-order valence-electron chi connectivity index (χ1n) is 6.84. The molecule has 102 valence electrons. The lowest BCUT2D eigenvalue weighted by Crippen LogP contribution is -2.39. The van der Waals surface area contributed by atoms with Crippen LogP contribution in [-0.2, 0) is 9.31 Å². The second kappa shape index (κ2) is 5.79. The fourth-order valence-electron chi connectivity index (χ4n) is 2.74. The Morgan fingerprint density at radius 2 is 1.20 bits per heavy atom. The van der Waals surface area contributed by atoms with Gasteiger partial charge in [-0.1, -0.05) is 67.6 Å². The van der Waals surface area contributed by atoms with Gasteiger partial charge in [0.2, 0.25) is 0 Å². The summed E-state index contributed by atoms with van der Waals surface area (Å²) in [6.07, 6.45) is -0.352. The highest BCUT2D eigenvalue weighted by Gasteiger charge is 2.40. The second-order valence-corrected chi connectivity index (χ2v) is 5.10. The maximum absolute atomic E-state index is 9.85. The van der Waals surface area contributed by atoms with E-state index in [1.807, 2.05) is 60.7 Å². The molecule has 0 radical (unpaired) electrons. The van der Waals surface area contributed by atoms with Gasteiger partial charge in [0, 0.05) is 5.92 Å². The molecule has 1 saturated heterocycles. The zero-order valence-electron chi connectivity index (χ0n) is 11.3. The molecule has 1 aliphatic heterocycles. The summed E-state index contributed by atoms with van der Waals surface area (Å²) in [5.41, 5.74) is 2.12. The van der Waals surface area contributed by atoms with Crippen LogP contribution in [0.15, 0.2) is 60.7 Å². The molecular weight excluding hydrogens is 251 g/mol. The number of rotatable bonds is 2. The van der Waals surface area contributed by atoms with Crippen molar-refractivity contribution < 1.29 is 14.3 Å². The fraction of sp³-hybridized carbons (Fsp3) is 0.250. The van der Waals surface area contributed by atoms with Crippen LogP contribution in [0.1, 0.15) is 30.3 Å². The molecule has 2 aromatic carbocycles. The van der Waals surface area contributed by atoms with Crippen molar-refractivity contribution in [3.05, 3.63) is 71.8 Å². The molecule has 0 spiro atoms. The van der Waals surface area contributed by atoms with Crippen LogP contribution in [0.5, 0.6) is 0 Å². The third kappa shape index (κ3) is 2.63. The van der Waals surface area contributed by atoms with Crippen molar-refractivity contribution in [1.29, 1.82) is 0 Å². The first-order chi connectivity index (χ1) is 9.75. The predicted molar refractivity (Wildman–Crippen MR) is 77.7 cm³/mol. The van der Waals surface area contributed by atoms with Crippen LogP contribution in [0.2, 0.25) is 0 Å². The van der Waals surface area contributed by atoms with E-state index in [9.17, 15) is 5.02 Å². The largest absolute Gasteiger partial charge is 0.637 e. The van der Waals surface area contributed by atoms with E-state index in [1.165, 1.54) is 0 Å². The van der Waals surface area contributed by atoms with Crippen molar-refractivity contribution in [3.63, 3.8) is 0 Å². The number of benzene rings is 2. The molecule has 1 aliphatic rings. The molecule has 3 atom stereocenters. The third-order valence-electron chi connectivity index (χ3n) is 3.74. The van der Waals surface area contributed by atoms with Gasteiger partial charge in [-0.2, -0.15) is 0 Å². The number of hydrogen-bond donors (Lipinski definition) is 1. The molecule has 0 saturated carbocycles. The first kappa shape index (κ1) is 13.4. The molecule has 0 aliphatic carbocycles. The summed E-state index contributed by atoms with van der Waals surface area (Å²) in [5.74, 6) is 0.114.